The van der Waals surface area contributed by atoms with E-state index < -0.39 is 28.5 Å². The summed E-state index contributed by atoms with van der Waals surface area (Å²) >= 11 is 12.4. The van der Waals surface area contributed by atoms with Crippen LogP contribution < -0.4 is 9.62 Å². The topological polar surface area (TPSA) is 86.8 Å². The average molecular weight is 551 g/mol. The quantitative estimate of drug-likeness (QED) is 0.391. The number of hydrogen-bond acceptors (Lipinski definition) is 4. The number of carbonyl (C=O) groups excluding carboxylic acids is 2. The van der Waals surface area contributed by atoms with E-state index in [0.29, 0.717) is 33.2 Å². The van der Waals surface area contributed by atoms with Crippen LogP contribution in [0, 0.1) is 0 Å². The van der Waals surface area contributed by atoms with Gasteiger partial charge in [0.2, 0.25) is 21.8 Å². The SMILES string of the molecule is CCCNC(=O)[C@@H](C)N(Cc1ccc(Cl)cc1Cl)C(=O)CN(c1cccc2ccccc12)S(C)(=O)=O. The second-order valence-electron chi connectivity index (χ2n) is 8.49. The van der Waals surface area contributed by atoms with E-state index in [1.807, 2.05) is 31.2 Å². The first-order valence-corrected chi connectivity index (χ1v) is 14.1. The summed E-state index contributed by atoms with van der Waals surface area (Å²) in [6, 6.07) is 16.6. The maximum absolute atomic E-state index is 13.7. The first kappa shape index (κ1) is 27.8. The van der Waals surface area contributed by atoms with Crippen LogP contribution in [-0.2, 0) is 26.2 Å². The molecule has 0 fully saturated rings. The van der Waals surface area contributed by atoms with Crippen LogP contribution >= 0.6 is 23.2 Å². The van der Waals surface area contributed by atoms with E-state index in [1.54, 1.807) is 43.3 Å². The van der Waals surface area contributed by atoms with Gasteiger partial charge in [-0.15, -0.1) is 0 Å². The third-order valence-corrected chi connectivity index (χ3v) is 7.50. The molecule has 1 atom stereocenters. The van der Waals surface area contributed by atoms with Gasteiger partial charge in [0, 0.05) is 28.5 Å². The number of carbonyl (C=O) groups is 2. The van der Waals surface area contributed by atoms with Gasteiger partial charge < -0.3 is 10.2 Å². The van der Waals surface area contributed by atoms with Gasteiger partial charge in [-0.05, 0) is 42.5 Å². The Labute approximate surface area is 222 Å². The number of hydrogen-bond donors (Lipinski definition) is 1. The number of anilines is 1. The third-order valence-electron chi connectivity index (χ3n) is 5.79. The summed E-state index contributed by atoms with van der Waals surface area (Å²) in [6.45, 7) is 3.51. The largest absolute Gasteiger partial charge is 0.354 e. The molecule has 3 rings (SSSR count). The minimum Gasteiger partial charge on any atom is -0.354 e. The van der Waals surface area contributed by atoms with Crippen molar-refractivity contribution >= 4 is 61.5 Å². The van der Waals surface area contributed by atoms with Gasteiger partial charge in [0.1, 0.15) is 12.6 Å². The van der Waals surface area contributed by atoms with Crippen LogP contribution in [-0.4, -0.2) is 50.5 Å². The smallest absolute Gasteiger partial charge is 0.244 e. The second-order valence-corrected chi connectivity index (χ2v) is 11.2. The summed E-state index contributed by atoms with van der Waals surface area (Å²) in [7, 11) is -3.84. The first-order valence-electron chi connectivity index (χ1n) is 11.5. The zero-order valence-electron chi connectivity index (χ0n) is 20.4. The van der Waals surface area contributed by atoms with Crippen LogP contribution in [0.3, 0.4) is 0 Å². The Morgan fingerprint density at radius 1 is 1.03 bits per heavy atom. The number of nitrogens with zero attached hydrogens (tertiary/aromatic N) is 2. The van der Waals surface area contributed by atoms with Gasteiger partial charge in [0.05, 0.1) is 11.9 Å². The number of benzene rings is 3. The fourth-order valence-electron chi connectivity index (χ4n) is 3.83. The van der Waals surface area contributed by atoms with Crippen molar-refractivity contribution in [2.45, 2.75) is 32.9 Å². The molecule has 0 aromatic heterocycles. The van der Waals surface area contributed by atoms with Gasteiger partial charge in [0.15, 0.2) is 0 Å². The van der Waals surface area contributed by atoms with Crippen molar-refractivity contribution in [3.8, 4) is 0 Å². The van der Waals surface area contributed by atoms with Gasteiger partial charge in [-0.25, -0.2) is 8.42 Å². The van der Waals surface area contributed by atoms with Crippen LogP contribution in [0.25, 0.3) is 10.8 Å². The molecule has 0 unspecified atom stereocenters. The zero-order chi connectivity index (χ0) is 26.5. The van der Waals surface area contributed by atoms with Crippen molar-refractivity contribution in [3.63, 3.8) is 0 Å². The highest BCUT2D eigenvalue weighted by atomic mass is 35.5. The van der Waals surface area contributed by atoms with E-state index in [2.05, 4.69) is 5.32 Å². The lowest BCUT2D eigenvalue weighted by Gasteiger charge is -2.32. The maximum atomic E-state index is 13.7. The van der Waals surface area contributed by atoms with E-state index in [-0.39, 0.29) is 12.5 Å². The zero-order valence-corrected chi connectivity index (χ0v) is 22.7. The van der Waals surface area contributed by atoms with Crippen molar-refractivity contribution in [2.24, 2.45) is 0 Å². The number of fused-ring (bicyclic) bond motifs is 1. The number of rotatable bonds is 10. The maximum Gasteiger partial charge on any atom is 0.244 e. The Bertz CT molecular complexity index is 1360. The van der Waals surface area contributed by atoms with Gasteiger partial charge in [-0.2, -0.15) is 0 Å². The molecule has 10 heteroatoms. The molecule has 0 aliphatic carbocycles. The molecule has 2 amide bonds. The molecular formula is C26H29Cl2N3O4S. The van der Waals surface area contributed by atoms with E-state index in [1.165, 1.54) is 4.90 Å². The van der Waals surface area contributed by atoms with Crippen molar-refractivity contribution in [3.05, 3.63) is 76.3 Å². The number of halogens is 2. The molecule has 0 aliphatic heterocycles. The molecular weight excluding hydrogens is 521 g/mol. The predicted octanol–water partition coefficient (Wildman–Crippen LogP) is 4.86. The molecule has 0 heterocycles. The molecule has 0 saturated heterocycles. The Hall–Kier alpha value is -2.81. The van der Waals surface area contributed by atoms with Crippen molar-refractivity contribution < 1.29 is 18.0 Å². The highest BCUT2D eigenvalue weighted by Crippen LogP contribution is 2.29. The molecule has 0 bridgehead atoms. The third kappa shape index (κ3) is 6.69. The Kier molecular flexibility index (Phi) is 9.22. The Morgan fingerprint density at radius 3 is 2.39 bits per heavy atom. The van der Waals surface area contributed by atoms with Crippen molar-refractivity contribution in [1.29, 1.82) is 0 Å². The summed E-state index contributed by atoms with van der Waals surface area (Å²) in [6.07, 6.45) is 1.79. The lowest BCUT2D eigenvalue weighted by molar-refractivity contribution is -0.139. The molecule has 36 heavy (non-hydrogen) atoms. The highest BCUT2D eigenvalue weighted by molar-refractivity contribution is 7.92. The molecule has 0 radical (unpaired) electrons. The summed E-state index contributed by atoms with van der Waals surface area (Å²) in [4.78, 5) is 27.8. The summed E-state index contributed by atoms with van der Waals surface area (Å²) < 4.78 is 26.8. The summed E-state index contributed by atoms with van der Waals surface area (Å²) in [5, 5.41) is 5.11. The van der Waals surface area contributed by atoms with Crippen LogP contribution in [0.2, 0.25) is 10.0 Å². The molecule has 0 saturated carbocycles. The van der Waals surface area contributed by atoms with Gasteiger partial charge in [0.25, 0.3) is 0 Å². The number of nitrogens with one attached hydrogen (secondary N) is 1. The monoisotopic (exact) mass is 549 g/mol. The lowest BCUT2D eigenvalue weighted by atomic mass is 10.1. The molecule has 3 aromatic rings. The number of amides is 2. The van der Waals surface area contributed by atoms with E-state index in [0.717, 1.165) is 22.4 Å². The Balaban J connectivity index is 2.00. The summed E-state index contributed by atoms with van der Waals surface area (Å²) in [5.74, 6) is -0.884. The molecule has 192 valence electrons. The molecule has 0 spiro atoms. The minimum absolute atomic E-state index is 0.00267. The first-order chi connectivity index (χ1) is 17.0. The normalized spacial score (nSPS) is 12.2. The van der Waals surface area contributed by atoms with Crippen LogP contribution in [0.4, 0.5) is 5.69 Å². The second kappa shape index (κ2) is 12.0. The van der Waals surface area contributed by atoms with Crippen molar-refractivity contribution in [1.82, 2.24) is 10.2 Å². The molecule has 1 N–H and O–H groups in total. The van der Waals surface area contributed by atoms with Gasteiger partial charge in [-0.3, -0.25) is 13.9 Å². The minimum atomic E-state index is -3.84. The average Bonchev–Trinajstić information content (AvgIpc) is 2.84. The van der Waals surface area contributed by atoms with E-state index in [9.17, 15) is 18.0 Å². The predicted molar refractivity (Wildman–Crippen MR) is 146 cm³/mol. The Morgan fingerprint density at radius 2 is 1.72 bits per heavy atom. The fraction of sp³-hybridized carbons (Fsp3) is 0.308. The van der Waals surface area contributed by atoms with Gasteiger partial charge >= 0.3 is 0 Å². The van der Waals surface area contributed by atoms with Crippen LogP contribution in [0.5, 0.6) is 0 Å². The fourth-order valence-corrected chi connectivity index (χ4v) is 5.16. The molecule has 0 aliphatic rings. The van der Waals surface area contributed by atoms with Crippen molar-refractivity contribution in [2.75, 3.05) is 23.7 Å². The molecule has 7 nitrogen and oxygen atoms in total. The number of sulfonamides is 1. The lowest BCUT2D eigenvalue weighted by Crippen LogP contribution is -2.51. The van der Waals surface area contributed by atoms with E-state index >= 15 is 0 Å². The van der Waals surface area contributed by atoms with Gasteiger partial charge in [-0.1, -0.05) is 72.6 Å². The van der Waals surface area contributed by atoms with Crippen LogP contribution in [0.1, 0.15) is 25.8 Å². The molecule has 3 aromatic carbocycles. The summed E-state index contributed by atoms with van der Waals surface area (Å²) in [5.41, 5.74) is 0.970. The highest BCUT2D eigenvalue weighted by Gasteiger charge is 2.31. The standard InChI is InChI=1S/C26H29Cl2N3O4S/c1-4-14-29-26(33)18(2)30(16-20-12-13-21(27)15-23(20)28)25(32)17-31(36(3,34)35)24-11-7-9-19-8-5-6-10-22(19)24/h5-13,15,18H,4,14,16-17H2,1-3H3,(H,29,33)/t18-/m1/s1. The van der Waals surface area contributed by atoms with E-state index in [4.69, 9.17) is 23.2 Å². The van der Waals surface area contributed by atoms with Crippen LogP contribution in [0.15, 0.2) is 60.7 Å².